The van der Waals surface area contributed by atoms with Crippen LogP contribution >= 0.6 is 11.6 Å². The largest absolute Gasteiger partial charge is 0.439 e. The number of amides is 1. The van der Waals surface area contributed by atoms with E-state index < -0.39 is 0 Å². The number of aromatic nitrogens is 1. The van der Waals surface area contributed by atoms with Gasteiger partial charge in [0, 0.05) is 17.6 Å². The van der Waals surface area contributed by atoms with Crippen molar-refractivity contribution in [1.29, 1.82) is 0 Å². The molecule has 1 fully saturated rings. The molecule has 120 valence electrons. The molecular formula is C16H16ClN3O3. The van der Waals surface area contributed by atoms with Crippen LogP contribution in [0.2, 0.25) is 5.02 Å². The first-order valence-electron chi connectivity index (χ1n) is 7.22. The third kappa shape index (κ3) is 4.41. The van der Waals surface area contributed by atoms with E-state index in [1.54, 1.807) is 42.6 Å². The van der Waals surface area contributed by atoms with E-state index in [4.69, 9.17) is 21.1 Å². The van der Waals surface area contributed by atoms with Crippen LogP contribution in [-0.4, -0.2) is 36.7 Å². The van der Waals surface area contributed by atoms with Crippen LogP contribution in [0, 0.1) is 0 Å². The molecule has 2 N–H and O–H groups in total. The van der Waals surface area contributed by atoms with Crippen molar-refractivity contribution in [2.75, 3.05) is 25.1 Å². The van der Waals surface area contributed by atoms with Crippen molar-refractivity contribution in [3.63, 3.8) is 0 Å². The molecule has 1 atom stereocenters. The monoisotopic (exact) mass is 333 g/mol. The van der Waals surface area contributed by atoms with Gasteiger partial charge in [-0.05, 0) is 30.3 Å². The molecule has 1 aromatic heterocycles. The summed E-state index contributed by atoms with van der Waals surface area (Å²) >= 11 is 5.82. The highest BCUT2D eigenvalue weighted by molar-refractivity contribution is 6.30. The highest BCUT2D eigenvalue weighted by Gasteiger charge is 2.21. The molecule has 6 nitrogen and oxygen atoms in total. The van der Waals surface area contributed by atoms with Gasteiger partial charge in [-0.2, -0.15) is 0 Å². The Bertz CT molecular complexity index is 655. The number of hydrogen-bond acceptors (Lipinski definition) is 5. The molecule has 0 bridgehead atoms. The number of morpholine rings is 1. The first-order valence-corrected chi connectivity index (χ1v) is 7.60. The standard InChI is InChI=1S/C16H16ClN3O3/c17-11-1-4-13(5-2-11)23-15-6-3-12(9-19-15)20-16(21)14-10-22-8-7-18-14/h1-6,9,14,18H,7-8,10H2,(H,20,21). The Labute approximate surface area is 138 Å². The number of anilines is 1. The Balaban J connectivity index is 1.58. The first kappa shape index (κ1) is 15.7. The molecule has 0 radical (unpaired) electrons. The second-order valence-corrected chi connectivity index (χ2v) is 5.45. The van der Waals surface area contributed by atoms with Crippen molar-refractivity contribution in [3.8, 4) is 11.6 Å². The maximum absolute atomic E-state index is 12.1. The molecule has 0 spiro atoms. The highest BCUT2D eigenvalue weighted by atomic mass is 35.5. The van der Waals surface area contributed by atoms with E-state index in [-0.39, 0.29) is 11.9 Å². The quantitative estimate of drug-likeness (QED) is 0.899. The minimum atomic E-state index is -0.339. The van der Waals surface area contributed by atoms with Gasteiger partial charge >= 0.3 is 0 Å². The van der Waals surface area contributed by atoms with Crippen LogP contribution in [0.15, 0.2) is 42.6 Å². The molecule has 1 aliphatic rings. The molecule has 2 aromatic rings. The van der Waals surface area contributed by atoms with Gasteiger partial charge in [-0.3, -0.25) is 4.79 Å². The Hall–Kier alpha value is -2.15. The van der Waals surface area contributed by atoms with E-state index in [0.717, 1.165) is 0 Å². The normalized spacial score (nSPS) is 17.5. The molecule has 1 saturated heterocycles. The zero-order chi connectivity index (χ0) is 16.1. The van der Waals surface area contributed by atoms with Crippen molar-refractivity contribution >= 4 is 23.2 Å². The number of rotatable bonds is 4. The van der Waals surface area contributed by atoms with Gasteiger partial charge in [0.05, 0.1) is 25.1 Å². The molecule has 1 unspecified atom stereocenters. The summed E-state index contributed by atoms with van der Waals surface area (Å²) in [6, 6.07) is 10.1. The summed E-state index contributed by atoms with van der Waals surface area (Å²) in [4.78, 5) is 16.2. The van der Waals surface area contributed by atoms with E-state index in [1.165, 1.54) is 0 Å². The molecule has 23 heavy (non-hydrogen) atoms. The average molecular weight is 334 g/mol. The number of pyridine rings is 1. The van der Waals surface area contributed by atoms with Gasteiger partial charge in [0.1, 0.15) is 11.8 Å². The van der Waals surface area contributed by atoms with Gasteiger partial charge in [0.15, 0.2) is 0 Å². The van der Waals surface area contributed by atoms with Gasteiger partial charge in [-0.15, -0.1) is 0 Å². The molecule has 0 saturated carbocycles. The van der Waals surface area contributed by atoms with Gasteiger partial charge in [0.2, 0.25) is 11.8 Å². The number of hydrogen-bond donors (Lipinski definition) is 2. The Morgan fingerprint density at radius 2 is 2.13 bits per heavy atom. The minimum Gasteiger partial charge on any atom is -0.439 e. The molecule has 1 aromatic carbocycles. The van der Waals surface area contributed by atoms with Crippen molar-refractivity contribution < 1.29 is 14.3 Å². The molecular weight excluding hydrogens is 318 g/mol. The maximum atomic E-state index is 12.1. The van der Waals surface area contributed by atoms with Gasteiger partial charge < -0.3 is 20.1 Å². The smallest absolute Gasteiger partial charge is 0.243 e. The highest BCUT2D eigenvalue weighted by Crippen LogP contribution is 2.22. The van der Waals surface area contributed by atoms with Crippen LogP contribution in [0.25, 0.3) is 0 Å². The predicted molar refractivity (Wildman–Crippen MR) is 87.0 cm³/mol. The Morgan fingerprint density at radius 3 is 2.78 bits per heavy atom. The predicted octanol–water partition coefficient (Wildman–Crippen LogP) is 2.45. The van der Waals surface area contributed by atoms with E-state index in [0.29, 0.717) is 42.1 Å². The zero-order valence-electron chi connectivity index (χ0n) is 12.3. The number of halogens is 1. The Morgan fingerprint density at radius 1 is 1.30 bits per heavy atom. The summed E-state index contributed by atoms with van der Waals surface area (Å²) in [5.74, 6) is 0.935. The third-order valence-electron chi connectivity index (χ3n) is 3.28. The van der Waals surface area contributed by atoms with Crippen molar-refractivity contribution in [2.45, 2.75) is 6.04 Å². The summed E-state index contributed by atoms with van der Waals surface area (Å²) < 4.78 is 10.9. The molecule has 7 heteroatoms. The van der Waals surface area contributed by atoms with Crippen molar-refractivity contribution in [1.82, 2.24) is 10.3 Å². The summed E-state index contributed by atoms with van der Waals surface area (Å²) in [6.07, 6.45) is 1.55. The second-order valence-electron chi connectivity index (χ2n) is 5.01. The first-order chi connectivity index (χ1) is 11.2. The number of nitrogens with zero attached hydrogens (tertiary/aromatic N) is 1. The molecule has 3 rings (SSSR count). The van der Waals surface area contributed by atoms with Crippen LogP contribution in [-0.2, 0) is 9.53 Å². The van der Waals surface area contributed by atoms with Crippen LogP contribution in [0.5, 0.6) is 11.6 Å². The van der Waals surface area contributed by atoms with Crippen LogP contribution in [0.1, 0.15) is 0 Å². The summed E-state index contributed by atoms with van der Waals surface area (Å²) in [6.45, 7) is 1.67. The zero-order valence-corrected chi connectivity index (χ0v) is 13.0. The van der Waals surface area contributed by atoms with Crippen molar-refractivity contribution in [3.05, 3.63) is 47.6 Å². The molecule has 1 amide bonds. The van der Waals surface area contributed by atoms with E-state index in [2.05, 4.69) is 15.6 Å². The van der Waals surface area contributed by atoms with Gasteiger partial charge in [-0.25, -0.2) is 4.98 Å². The summed E-state index contributed by atoms with van der Waals surface area (Å²) in [5.41, 5.74) is 0.603. The fourth-order valence-corrected chi connectivity index (χ4v) is 2.23. The number of carbonyl (C=O) groups is 1. The van der Waals surface area contributed by atoms with Gasteiger partial charge in [0.25, 0.3) is 0 Å². The third-order valence-corrected chi connectivity index (χ3v) is 3.53. The van der Waals surface area contributed by atoms with E-state index >= 15 is 0 Å². The summed E-state index contributed by atoms with van der Waals surface area (Å²) in [5, 5.41) is 6.53. The number of ether oxygens (including phenoxy) is 2. The average Bonchev–Trinajstić information content (AvgIpc) is 2.59. The fraction of sp³-hybridized carbons (Fsp3) is 0.250. The maximum Gasteiger partial charge on any atom is 0.243 e. The molecule has 1 aliphatic heterocycles. The lowest BCUT2D eigenvalue weighted by molar-refractivity contribution is -0.120. The lowest BCUT2D eigenvalue weighted by atomic mass is 10.2. The van der Waals surface area contributed by atoms with E-state index in [9.17, 15) is 4.79 Å². The van der Waals surface area contributed by atoms with E-state index in [1.807, 2.05) is 0 Å². The van der Waals surface area contributed by atoms with Crippen LogP contribution < -0.4 is 15.4 Å². The fourth-order valence-electron chi connectivity index (χ4n) is 2.10. The minimum absolute atomic E-state index is 0.141. The second kappa shape index (κ2) is 7.41. The number of benzene rings is 1. The Kier molecular flexibility index (Phi) is 5.07. The number of nitrogens with one attached hydrogen (secondary N) is 2. The van der Waals surface area contributed by atoms with Crippen LogP contribution in [0.3, 0.4) is 0 Å². The lowest BCUT2D eigenvalue weighted by Gasteiger charge is -2.22. The topological polar surface area (TPSA) is 72.5 Å². The molecule has 0 aliphatic carbocycles. The number of carbonyl (C=O) groups excluding carboxylic acids is 1. The van der Waals surface area contributed by atoms with Gasteiger partial charge in [-0.1, -0.05) is 11.6 Å². The lowest BCUT2D eigenvalue weighted by Crippen LogP contribution is -2.48. The summed E-state index contributed by atoms with van der Waals surface area (Å²) in [7, 11) is 0. The van der Waals surface area contributed by atoms with Crippen LogP contribution in [0.4, 0.5) is 5.69 Å². The van der Waals surface area contributed by atoms with Crippen molar-refractivity contribution in [2.24, 2.45) is 0 Å². The SMILES string of the molecule is O=C(Nc1ccc(Oc2ccc(Cl)cc2)nc1)C1COCCN1. The molecule has 2 heterocycles.